The molecule has 22 heavy (non-hydrogen) atoms. The molecule has 1 aliphatic heterocycles. The number of azide groups is 1. The summed E-state index contributed by atoms with van der Waals surface area (Å²) >= 11 is 0. The summed E-state index contributed by atoms with van der Waals surface area (Å²) < 4.78 is 16.2. The zero-order chi connectivity index (χ0) is 15.9. The number of benzene rings is 1. The zero-order valence-electron chi connectivity index (χ0n) is 12.1. The fourth-order valence-corrected chi connectivity index (χ4v) is 2.39. The highest BCUT2D eigenvalue weighted by Crippen LogP contribution is 2.27. The first-order valence-electron chi connectivity index (χ1n) is 6.88. The molecule has 8 heteroatoms. The van der Waals surface area contributed by atoms with Gasteiger partial charge in [0.15, 0.2) is 6.29 Å². The van der Waals surface area contributed by atoms with E-state index >= 15 is 0 Å². The van der Waals surface area contributed by atoms with Crippen LogP contribution < -0.4 is 0 Å². The van der Waals surface area contributed by atoms with E-state index < -0.39 is 37.3 Å². The summed E-state index contributed by atoms with van der Waals surface area (Å²) in [7, 11) is 1.39. The van der Waals surface area contributed by atoms with Gasteiger partial charge in [0.1, 0.15) is 18.2 Å². The van der Waals surface area contributed by atoms with Gasteiger partial charge in [0.2, 0.25) is 0 Å². The van der Waals surface area contributed by atoms with Crippen LogP contribution in [0.25, 0.3) is 10.4 Å². The molecule has 1 aromatic rings. The third-order valence-corrected chi connectivity index (χ3v) is 3.52. The molecule has 120 valence electrons. The van der Waals surface area contributed by atoms with Crippen molar-refractivity contribution in [1.82, 2.24) is 0 Å². The first-order valence-corrected chi connectivity index (χ1v) is 6.88. The monoisotopic (exact) mass is 309 g/mol. The molecule has 2 N–H and O–H groups in total. The number of hydrogen-bond donors (Lipinski definition) is 2. The lowest BCUT2D eigenvalue weighted by Gasteiger charge is -2.41. The Morgan fingerprint density at radius 1 is 1.36 bits per heavy atom. The lowest BCUT2D eigenvalue weighted by molar-refractivity contribution is -0.266. The van der Waals surface area contributed by atoms with Crippen molar-refractivity contribution in [3.63, 3.8) is 0 Å². The van der Waals surface area contributed by atoms with Crippen LogP contribution in [-0.4, -0.2) is 54.6 Å². The molecule has 2 rings (SSSR count). The van der Waals surface area contributed by atoms with E-state index in [-0.39, 0.29) is 6.61 Å². The van der Waals surface area contributed by atoms with Gasteiger partial charge in [0.25, 0.3) is 0 Å². The second kappa shape index (κ2) is 8.09. The Morgan fingerprint density at radius 2 is 2.09 bits per heavy atom. The van der Waals surface area contributed by atoms with Gasteiger partial charge in [-0.05, 0) is 11.1 Å². The molecule has 8 nitrogen and oxygen atoms in total. The van der Waals surface area contributed by atoms with Crippen LogP contribution in [0.1, 0.15) is 5.56 Å². The first kappa shape index (κ1) is 16.7. The van der Waals surface area contributed by atoms with Crippen molar-refractivity contribution in [2.24, 2.45) is 5.11 Å². The SMILES string of the molecule is CO[C@H]1O[C@H](CO)[C@@H](O)[C@H](OCc2ccccc2)[C@H]1N=[N+]=[N-]. The van der Waals surface area contributed by atoms with E-state index in [1.165, 1.54) is 7.11 Å². The number of nitrogens with zero attached hydrogens (tertiary/aromatic N) is 3. The number of aliphatic hydroxyl groups is 2. The number of ether oxygens (including phenoxy) is 3. The molecule has 1 aromatic carbocycles. The molecule has 1 aliphatic rings. The Bertz CT molecular complexity index is 508. The van der Waals surface area contributed by atoms with Crippen molar-refractivity contribution in [3.8, 4) is 0 Å². The summed E-state index contributed by atoms with van der Waals surface area (Å²) in [5, 5.41) is 23.2. The van der Waals surface area contributed by atoms with Crippen molar-refractivity contribution >= 4 is 0 Å². The molecule has 0 amide bonds. The Balaban J connectivity index is 2.15. The lowest BCUT2D eigenvalue weighted by atomic mass is 9.97. The maximum absolute atomic E-state index is 10.3. The van der Waals surface area contributed by atoms with E-state index in [4.69, 9.17) is 19.7 Å². The maximum atomic E-state index is 10.3. The molecule has 1 heterocycles. The minimum atomic E-state index is -1.13. The molecule has 0 aliphatic carbocycles. The molecule has 1 saturated heterocycles. The van der Waals surface area contributed by atoms with Gasteiger partial charge in [-0.2, -0.15) is 0 Å². The normalized spacial score (nSPS) is 31.5. The van der Waals surface area contributed by atoms with Gasteiger partial charge in [-0.15, -0.1) is 0 Å². The third kappa shape index (κ3) is 3.75. The van der Waals surface area contributed by atoms with E-state index in [2.05, 4.69) is 10.0 Å². The van der Waals surface area contributed by atoms with Crippen LogP contribution in [0.5, 0.6) is 0 Å². The Labute approximate surface area is 127 Å². The average molecular weight is 309 g/mol. The van der Waals surface area contributed by atoms with Crippen molar-refractivity contribution in [2.45, 2.75) is 37.3 Å². The molecule has 0 radical (unpaired) electrons. The second-order valence-corrected chi connectivity index (χ2v) is 4.91. The summed E-state index contributed by atoms with van der Waals surface area (Å²) in [6.45, 7) is -0.163. The minimum Gasteiger partial charge on any atom is -0.394 e. The van der Waals surface area contributed by atoms with Crippen LogP contribution in [0.3, 0.4) is 0 Å². The predicted molar refractivity (Wildman–Crippen MR) is 76.7 cm³/mol. The van der Waals surface area contributed by atoms with Crippen LogP contribution >= 0.6 is 0 Å². The standard InChI is InChI=1S/C14H19N3O5/c1-20-14-11(16-17-15)13(12(19)10(7-18)22-14)21-8-9-5-3-2-4-6-9/h2-6,10-14,18-19H,7-8H2,1H3/t10-,11-,12-,13-,14+/m1/s1. The topological polar surface area (TPSA) is 117 Å². The quantitative estimate of drug-likeness (QED) is 0.461. The molecule has 1 fully saturated rings. The molecular formula is C14H19N3O5. The lowest BCUT2D eigenvalue weighted by Crippen LogP contribution is -2.59. The van der Waals surface area contributed by atoms with Gasteiger partial charge in [0.05, 0.1) is 19.3 Å². The van der Waals surface area contributed by atoms with Crippen LogP contribution in [0.4, 0.5) is 0 Å². The average Bonchev–Trinajstić information content (AvgIpc) is 2.56. The maximum Gasteiger partial charge on any atom is 0.168 e. The van der Waals surface area contributed by atoms with Crippen molar-refractivity contribution < 1.29 is 24.4 Å². The highest BCUT2D eigenvalue weighted by molar-refractivity contribution is 5.13. The summed E-state index contributed by atoms with van der Waals surface area (Å²) in [5.74, 6) is 0. The summed E-state index contributed by atoms with van der Waals surface area (Å²) in [5.41, 5.74) is 9.62. The zero-order valence-corrected chi connectivity index (χ0v) is 12.1. The first-order chi connectivity index (χ1) is 10.7. The molecule has 0 spiro atoms. The van der Waals surface area contributed by atoms with Gasteiger partial charge in [-0.1, -0.05) is 35.4 Å². The van der Waals surface area contributed by atoms with Gasteiger partial charge >= 0.3 is 0 Å². The third-order valence-electron chi connectivity index (χ3n) is 3.52. The summed E-state index contributed by atoms with van der Waals surface area (Å²) in [4.78, 5) is 2.76. The van der Waals surface area contributed by atoms with E-state index in [1.54, 1.807) is 0 Å². The molecular weight excluding hydrogens is 290 g/mol. The molecule has 5 atom stereocenters. The molecule has 0 aromatic heterocycles. The fraction of sp³-hybridized carbons (Fsp3) is 0.571. The smallest absolute Gasteiger partial charge is 0.168 e. The number of hydrogen-bond acceptors (Lipinski definition) is 6. The van der Waals surface area contributed by atoms with Gasteiger partial charge in [-0.25, -0.2) is 0 Å². The Morgan fingerprint density at radius 3 is 2.68 bits per heavy atom. The molecule has 0 bridgehead atoms. The fourth-order valence-electron chi connectivity index (χ4n) is 2.39. The van der Waals surface area contributed by atoms with Crippen LogP contribution in [-0.2, 0) is 20.8 Å². The number of rotatable bonds is 6. The highest BCUT2D eigenvalue weighted by Gasteiger charge is 2.45. The summed E-state index contributed by atoms with van der Waals surface area (Å²) in [6.07, 6.45) is -3.73. The van der Waals surface area contributed by atoms with Gasteiger partial charge in [-0.3, -0.25) is 0 Å². The Kier molecular flexibility index (Phi) is 6.14. The van der Waals surface area contributed by atoms with Crippen molar-refractivity contribution in [2.75, 3.05) is 13.7 Å². The van der Waals surface area contributed by atoms with Gasteiger partial charge < -0.3 is 24.4 Å². The van der Waals surface area contributed by atoms with Gasteiger partial charge in [0, 0.05) is 12.0 Å². The largest absolute Gasteiger partial charge is 0.394 e. The second-order valence-electron chi connectivity index (χ2n) is 4.91. The van der Waals surface area contributed by atoms with Crippen molar-refractivity contribution in [1.29, 1.82) is 0 Å². The van der Waals surface area contributed by atoms with Crippen LogP contribution in [0.2, 0.25) is 0 Å². The number of methoxy groups -OCH3 is 1. The minimum absolute atomic E-state index is 0.231. The van der Waals surface area contributed by atoms with Crippen LogP contribution in [0, 0.1) is 0 Å². The van der Waals surface area contributed by atoms with E-state index in [1.807, 2.05) is 30.3 Å². The van der Waals surface area contributed by atoms with E-state index in [0.717, 1.165) is 5.56 Å². The summed E-state index contributed by atoms with van der Waals surface area (Å²) in [6, 6.07) is 8.54. The van der Waals surface area contributed by atoms with Crippen LogP contribution in [0.15, 0.2) is 35.4 Å². The molecule has 0 saturated carbocycles. The number of aliphatic hydroxyl groups excluding tert-OH is 2. The highest BCUT2D eigenvalue weighted by atomic mass is 16.7. The van der Waals surface area contributed by atoms with Crippen molar-refractivity contribution in [3.05, 3.63) is 46.3 Å². The van der Waals surface area contributed by atoms with E-state index in [9.17, 15) is 10.2 Å². The molecule has 0 unspecified atom stereocenters. The Hall–Kier alpha value is -1.67. The van der Waals surface area contributed by atoms with E-state index in [0.29, 0.717) is 0 Å². The predicted octanol–water partition coefficient (Wildman–Crippen LogP) is 0.975.